The molecule has 3 aromatic rings. The van der Waals surface area contributed by atoms with Crippen LogP contribution in [-0.2, 0) is 16.1 Å². The second-order valence-corrected chi connectivity index (χ2v) is 8.24. The predicted octanol–water partition coefficient (Wildman–Crippen LogP) is 2.90. The van der Waals surface area contributed by atoms with Gasteiger partial charge in [0.2, 0.25) is 5.91 Å². The number of carbonyl (C=O) groups excluding carboxylic acids is 2. The highest BCUT2D eigenvalue weighted by Crippen LogP contribution is 2.21. The van der Waals surface area contributed by atoms with Crippen molar-refractivity contribution in [3.8, 4) is 0 Å². The monoisotopic (exact) mass is 438 g/mol. The van der Waals surface area contributed by atoms with Crippen molar-refractivity contribution in [3.63, 3.8) is 0 Å². The number of nitrogens with zero attached hydrogens (tertiary/aromatic N) is 3. The molecule has 1 aliphatic rings. The molecule has 0 bridgehead atoms. The summed E-state index contributed by atoms with van der Waals surface area (Å²) in [6, 6.07) is 10.2. The lowest BCUT2D eigenvalue weighted by molar-refractivity contribution is -0.113. The number of ether oxygens (including phenoxy) is 1. The Morgan fingerprint density at radius 3 is 2.94 bits per heavy atom. The van der Waals surface area contributed by atoms with Gasteiger partial charge in [-0.15, -0.1) is 0 Å². The van der Waals surface area contributed by atoms with E-state index in [1.54, 1.807) is 47.2 Å². The summed E-state index contributed by atoms with van der Waals surface area (Å²) in [7, 11) is 0. The second-order valence-electron chi connectivity index (χ2n) is 7.29. The summed E-state index contributed by atoms with van der Waals surface area (Å²) in [5, 5.41) is 3.65. The molecular weight excluding hydrogens is 416 g/mol. The predicted molar refractivity (Wildman–Crippen MR) is 119 cm³/mol. The zero-order valence-electron chi connectivity index (χ0n) is 17.0. The van der Waals surface area contributed by atoms with Gasteiger partial charge >= 0.3 is 0 Å². The molecule has 1 aromatic carbocycles. The number of pyridine rings is 1. The van der Waals surface area contributed by atoms with Crippen LogP contribution in [0.5, 0.6) is 0 Å². The first kappa shape index (κ1) is 21.2. The van der Waals surface area contributed by atoms with E-state index < -0.39 is 0 Å². The van der Waals surface area contributed by atoms with Crippen LogP contribution in [0.25, 0.3) is 11.0 Å². The fourth-order valence-electron chi connectivity index (χ4n) is 3.44. The first-order chi connectivity index (χ1) is 15.0. The lowest BCUT2D eigenvalue weighted by Gasteiger charge is -2.16. The first-order valence-corrected chi connectivity index (χ1v) is 11.0. The molecule has 9 heteroatoms. The maximum Gasteiger partial charge on any atom is 0.263 e. The standard InChI is InChI=1S/C22H22N4O4S/c1-14(27)15-5-2-6-16(11-15)24-19(28)13-31-22-25-20-18(8-3-9-23-20)21(29)26(22)12-17-7-4-10-30-17/h2-3,5-6,8-9,11,17H,4,7,10,12-13H2,1H3,(H,24,28). The molecule has 1 fully saturated rings. The first-order valence-electron chi connectivity index (χ1n) is 10.0. The highest BCUT2D eigenvalue weighted by molar-refractivity contribution is 7.99. The molecular formula is C22H22N4O4S. The third kappa shape index (κ3) is 5.00. The molecule has 0 saturated carbocycles. The Bertz CT molecular complexity index is 1190. The Morgan fingerprint density at radius 1 is 1.29 bits per heavy atom. The van der Waals surface area contributed by atoms with Gasteiger partial charge in [-0.05, 0) is 44.0 Å². The van der Waals surface area contributed by atoms with Gasteiger partial charge < -0.3 is 10.1 Å². The van der Waals surface area contributed by atoms with Gasteiger partial charge in [-0.3, -0.25) is 19.0 Å². The molecule has 0 aliphatic carbocycles. The van der Waals surface area contributed by atoms with Gasteiger partial charge in [-0.1, -0.05) is 23.9 Å². The van der Waals surface area contributed by atoms with E-state index in [9.17, 15) is 14.4 Å². The number of thioether (sulfide) groups is 1. The van der Waals surface area contributed by atoms with Crippen molar-refractivity contribution in [1.82, 2.24) is 14.5 Å². The van der Waals surface area contributed by atoms with Crippen LogP contribution in [0.3, 0.4) is 0 Å². The normalized spacial score (nSPS) is 15.8. The number of hydrogen-bond donors (Lipinski definition) is 1. The number of benzene rings is 1. The Hall–Kier alpha value is -3.04. The van der Waals surface area contributed by atoms with Crippen LogP contribution in [0, 0.1) is 0 Å². The van der Waals surface area contributed by atoms with Gasteiger partial charge in [0.05, 0.1) is 23.8 Å². The summed E-state index contributed by atoms with van der Waals surface area (Å²) in [6.45, 7) is 2.55. The fraction of sp³-hybridized carbons (Fsp3) is 0.318. The van der Waals surface area contributed by atoms with Crippen molar-refractivity contribution in [2.45, 2.75) is 37.6 Å². The number of rotatable bonds is 7. The van der Waals surface area contributed by atoms with Crippen LogP contribution in [-0.4, -0.2) is 44.7 Å². The molecule has 1 unspecified atom stereocenters. The number of amides is 1. The smallest absolute Gasteiger partial charge is 0.263 e. The van der Waals surface area contributed by atoms with Crippen molar-refractivity contribution < 1.29 is 14.3 Å². The van der Waals surface area contributed by atoms with Crippen molar-refractivity contribution >= 4 is 40.2 Å². The Labute approximate surface area is 183 Å². The number of hydrogen-bond acceptors (Lipinski definition) is 7. The Morgan fingerprint density at radius 2 is 2.16 bits per heavy atom. The third-order valence-electron chi connectivity index (χ3n) is 4.99. The second kappa shape index (κ2) is 9.40. The SMILES string of the molecule is CC(=O)c1cccc(NC(=O)CSc2nc3ncccc3c(=O)n2CC2CCCO2)c1. The average molecular weight is 439 g/mol. The molecule has 1 amide bonds. The number of anilines is 1. The van der Waals surface area contributed by atoms with Gasteiger partial charge in [0.15, 0.2) is 16.6 Å². The molecule has 0 spiro atoms. The number of fused-ring (bicyclic) bond motifs is 1. The minimum Gasteiger partial charge on any atom is -0.376 e. The summed E-state index contributed by atoms with van der Waals surface area (Å²) in [4.78, 5) is 45.8. The van der Waals surface area contributed by atoms with E-state index in [-0.39, 0.29) is 29.1 Å². The van der Waals surface area contributed by atoms with Crippen LogP contribution in [0.4, 0.5) is 5.69 Å². The van der Waals surface area contributed by atoms with Gasteiger partial charge in [-0.2, -0.15) is 0 Å². The number of ketones is 1. The summed E-state index contributed by atoms with van der Waals surface area (Å²) in [6.07, 6.45) is 3.39. The van der Waals surface area contributed by atoms with Crippen molar-refractivity contribution in [1.29, 1.82) is 0 Å². The van der Waals surface area contributed by atoms with E-state index >= 15 is 0 Å². The Kier molecular flexibility index (Phi) is 6.43. The summed E-state index contributed by atoms with van der Waals surface area (Å²) >= 11 is 1.17. The fourth-order valence-corrected chi connectivity index (χ4v) is 4.24. The quantitative estimate of drug-likeness (QED) is 0.344. The Balaban J connectivity index is 1.54. The van der Waals surface area contributed by atoms with Crippen molar-refractivity contribution in [2.75, 3.05) is 17.7 Å². The van der Waals surface area contributed by atoms with E-state index in [2.05, 4.69) is 15.3 Å². The van der Waals surface area contributed by atoms with Gasteiger partial charge in [0, 0.05) is 24.1 Å². The minimum atomic E-state index is -0.260. The van der Waals surface area contributed by atoms with E-state index in [0.29, 0.717) is 40.6 Å². The van der Waals surface area contributed by atoms with Crippen molar-refractivity contribution in [2.24, 2.45) is 0 Å². The highest BCUT2D eigenvalue weighted by atomic mass is 32.2. The molecule has 1 N–H and O–H groups in total. The zero-order valence-corrected chi connectivity index (χ0v) is 17.9. The maximum atomic E-state index is 13.1. The molecule has 2 aromatic heterocycles. The maximum absolute atomic E-state index is 13.1. The van der Waals surface area contributed by atoms with E-state index in [1.807, 2.05) is 0 Å². The van der Waals surface area contributed by atoms with Crippen LogP contribution in [0.2, 0.25) is 0 Å². The number of nitrogens with one attached hydrogen (secondary N) is 1. The van der Waals surface area contributed by atoms with Crippen LogP contribution >= 0.6 is 11.8 Å². The molecule has 160 valence electrons. The van der Waals surface area contributed by atoms with Crippen LogP contribution in [0.15, 0.2) is 52.5 Å². The molecule has 4 rings (SSSR count). The topological polar surface area (TPSA) is 103 Å². The molecule has 3 heterocycles. The highest BCUT2D eigenvalue weighted by Gasteiger charge is 2.21. The minimum absolute atomic E-state index is 0.0453. The van der Waals surface area contributed by atoms with Gasteiger partial charge in [0.1, 0.15) is 0 Å². The van der Waals surface area contributed by atoms with E-state index in [0.717, 1.165) is 12.8 Å². The largest absolute Gasteiger partial charge is 0.376 e. The molecule has 1 atom stereocenters. The number of Topliss-reactive ketones (excluding diaryl/α,β-unsaturated/α-hetero) is 1. The molecule has 31 heavy (non-hydrogen) atoms. The molecule has 0 radical (unpaired) electrons. The third-order valence-corrected chi connectivity index (χ3v) is 5.97. The molecule has 8 nitrogen and oxygen atoms in total. The summed E-state index contributed by atoms with van der Waals surface area (Å²) < 4.78 is 7.27. The van der Waals surface area contributed by atoms with Gasteiger partial charge in [0.25, 0.3) is 5.56 Å². The molecule has 1 aliphatic heterocycles. The van der Waals surface area contributed by atoms with Crippen LogP contribution in [0.1, 0.15) is 30.1 Å². The van der Waals surface area contributed by atoms with Crippen molar-refractivity contribution in [3.05, 3.63) is 58.5 Å². The number of aromatic nitrogens is 3. The average Bonchev–Trinajstić information content (AvgIpc) is 3.28. The lowest BCUT2D eigenvalue weighted by atomic mass is 10.1. The summed E-state index contributed by atoms with van der Waals surface area (Å²) in [5.41, 5.74) is 1.24. The van der Waals surface area contributed by atoms with Crippen LogP contribution < -0.4 is 10.9 Å². The summed E-state index contributed by atoms with van der Waals surface area (Å²) in [5.74, 6) is -0.276. The molecule has 1 saturated heterocycles. The van der Waals surface area contributed by atoms with E-state index in [1.165, 1.54) is 18.7 Å². The van der Waals surface area contributed by atoms with Gasteiger partial charge in [-0.25, -0.2) is 9.97 Å². The zero-order chi connectivity index (χ0) is 21.8. The number of carbonyl (C=O) groups is 2. The lowest BCUT2D eigenvalue weighted by Crippen LogP contribution is -2.29. The van der Waals surface area contributed by atoms with E-state index in [4.69, 9.17) is 4.74 Å².